The van der Waals surface area contributed by atoms with Crippen molar-refractivity contribution in [2.24, 2.45) is 17.4 Å². The predicted molar refractivity (Wildman–Crippen MR) is 305 cm³/mol. The zero-order chi connectivity index (χ0) is 56.6. The van der Waals surface area contributed by atoms with E-state index in [1.165, 1.54) is 56.9 Å². The third kappa shape index (κ3) is 12.0. The topological polar surface area (TPSA) is 346 Å². The molecule has 0 spiro atoms. The number of nitrogens with two attached hydrogens (primary N) is 2. The minimum atomic E-state index is -1.39. The average molecular weight is 1200 g/mol. The molecule has 0 aliphatic carbocycles. The number of aliphatic hydroxyl groups excluding tert-OH is 1. The Morgan fingerprint density at radius 2 is 1.27 bits per heavy atom. The number of fused-ring (bicyclic) bond motifs is 14. The van der Waals surface area contributed by atoms with E-state index in [4.69, 9.17) is 36.1 Å². The smallest absolute Gasteiger partial charge is 0.271 e. The summed E-state index contributed by atoms with van der Waals surface area (Å²) in [4.78, 5) is 116. The molecule has 1 fully saturated rings. The molecule has 81 heavy (non-hydrogen) atoms. The number of carbonyl (C=O) groups excluding carboxylic acids is 6. The van der Waals surface area contributed by atoms with E-state index in [0.29, 0.717) is 71.0 Å². The van der Waals surface area contributed by atoms with Crippen LogP contribution in [0.3, 0.4) is 0 Å². The van der Waals surface area contributed by atoms with Gasteiger partial charge in [-0.25, -0.2) is 34.9 Å². The van der Waals surface area contributed by atoms with Gasteiger partial charge in [-0.15, -0.1) is 68.0 Å². The van der Waals surface area contributed by atoms with Crippen LogP contribution in [0.25, 0.3) is 43.4 Å². The third-order valence-electron chi connectivity index (χ3n) is 13.2. The number of hydrogen-bond donors (Lipinski definition) is 8. The van der Waals surface area contributed by atoms with Crippen LogP contribution in [0.1, 0.15) is 111 Å². The molecular formula is C53H45N13O9S6. The molecule has 0 radical (unpaired) electrons. The maximum absolute atomic E-state index is 14.8. The van der Waals surface area contributed by atoms with Crippen molar-refractivity contribution in [2.45, 2.75) is 63.1 Å². The molecule has 2 aromatic carbocycles. The lowest BCUT2D eigenvalue weighted by molar-refractivity contribution is -0.124. The van der Waals surface area contributed by atoms with Crippen LogP contribution in [0.4, 0.5) is 0 Å². The highest BCUT2D eigenvalue weighted by molar-refractivity contribution is 7.15. The zero-order valence-electron chi connectivity index (χ0n) is 42.4. The first-order chi connectivity index (χ1) is 39.0. The number of rotatable bonds is 10. The number of amides is 6. The molecule has 6 amide bonds. The Morgan fingerprint density at radius 3 is 1.99 bits per heavy atom. The van der Waals surface area contributed by atoms with E-state index in [-0.39, 0.29) is 57.0 Å². The van der Waals surface area contributed by atoms with E-state index in [1.54, 1.807) is 72.3 Å². The van der Waals surface area contributed by atoms with Gasteiger partial charge < -0.3 is 47.7 Å². The van der Waals surface area contributed by atoms with Gasteiger partial charge >= 0.3 is 0 Å². The number of aromatic hydroxyl groups is 1. The van der Waals surface area contributed by atoms with Gasteiger partial charge in [-0.1, -0.05) is 49.4 Å². The van der Waals surface area contributed by atoms with Crippen molar-refractivity contribution in [3.8, 4) is 49.1 Å². The van der Waals surface area contributed by atoms with Gasteiger partial charge in [0, 0.05) is 49.7 Å². The molecule has 1 saturated heterocycles. The number of nitrogens with zero attached hydrogens (tertiary/aromatic N) is 7. The number of aromatic nitrogens is 7. The Kier molecular flexibility index (Phi) is 15.7. The molecule has 2 aliphatic heterocycles. The first-order valence-corrected chi connectivity index (χ1v) is 30.0. The fourth-order valence-corrected chi connectivity index (χ4v) is 14.1. The molecule has 7 aromatic heterocycles. The van der Waals surface area contributed by atoms with Crippen molar-refractivity contribution in [1.29, 1.82) is 0 Å². The van der Waals surface area contributed by atoms with E-state index in [0.717, 1.165) is 34.0 Å². The molecule has 7 atom stereocenters. The highest BCUT2D eigenvalue weighted by Crippen LogP contribution is 2.40. The van der Waals surface area contributed by atoms with Crippen molar-refractivity contribution < 1.29 is 43.7 Å². The number of phenolic OH excluding ortho intramolecular Hbond substituents is 1. The van der Waals surface area contributed by atoms with Gasteiger partial charge in [0.05, 0.1) is 36.9 Å². The molecule has 10 bridgehead atoms. The van der Waals surface area contributed by atoms with E-state index in [9.17, 15) is 39.0 Å². The second-order valence-electron chi connectivity index (χ2n) is 18.8. The highest BCUT2D eigenvalue weighted by atomic mass is 32.1. The summed E-state index contributed by atoms with van der Waals surface area (Å²) >= 11 is 6.98. The summed E-state index contributed by atoms with van der Waals surface area (Å²) in [5.74, 6) is -4.43. The summed E-state index contributed by atoms with van der Waals surface area (Å²) in [6.07, 6.45) is -1.98. The first kappa shape index (κ1) is 54.8. The summed E-state index contributed by atoms with van der Waals surface area (Å²) < 4.78 is 5.74. The molecule has 28 heteroatoms. The van der Waals surface area contributed by atoms with E-state index >= 15 is 0 Å². The Hall–Kier alpha value is -8.09. The van der Waals surface area contributed by atoms with Crippen LogP contribution >= 0.6 is 68.0 Å². The van der Waals surface area contributed by atoms with Crippen LogP contribution in [0.15, 0.2) is 93.6 Å². The number of epoxide rings is 1. The minimum Gasteiger partial charge on any atom is -0.508 e. The summed E-state index contributed by atoms with van der Waals surface area (Å²) in [7, 11) is 0. The van der Waals surface area contributed by atoms with Gasteiger partial charge in [-0.3, -0.25) is 28.8 Å². The molecule has 2 aliphatic rings. The van der Waals surface area contributed by atoms with Crippen molar-refractivity contribution in [3.05, 3.63) is 147 Å². The Labute approximate surface area is 483 Å². The largest absolute Gasteiger partial charge is 0.508 e. The molecule has 412 valence electrons. The summed E-state index contributed by atoms with van der Waals surface area (Å²) in [6, 6.07) is 14.0. The predicted octanol–water partition coefficient (Wildman–Crippen LogP) is 6.70. The fraction of sp³-hybridized carbons (Fsp3) is 0.226. The normalized spacial score (nSPS) is 19.3. The lowest BCUT2D eigenvalue weighted by atomic mass is 9.97. The van der Waals surface area contributed by atoms with Gasteiger partial charge in [-0.05, 0) is 42.3 Å². The summed E-state index contributed by atoms with van der Waals surface area (Å²) in [6.45, 7) is 4.04. The number of nitrogens with one attached hydrogen (secondary N) is 4. The van der Waals surface area contributed by atoms with Crippen LogP contribution in [0, 0.1) is 12.8 Å². The molecular weight excluding hydrogens is 1160 g/mol. The van der Waals surface area contributed by atoms with Gasteiger partial charge in [-0.2, -0.15) is 0 Å². The number of ether oxygens (including phenoxy) is 1. The van der Waals surface area contributed by atoms with Crippen molar-refractivity contribution in [3.63, 3.8) is 0 Å². The Bertz CT molecular complexity index is 3870. The minimum absolute atomic E-state index is 0.000365. The molecule has 0 saturated carbocycles. The van der Waals surface area contributed by atoms with E-state index in [1.807, 2.05) is 12.3 Å². The SMILES string of the molecule is Cc1sc2nc1C(=O)N[C@@H]([C@H](O)c1ccccc1)c1nc(cs1)C(=O)N[C@@H](Cc1ccc(O)cc1)C(=O)N[C@@H]([C@@H](C)[C@@H]1CO1)c1nc(cs1)-c1nc(cs1)-c1nc(-c3nc(C(N)=O)cs3)ccc1-c1nc(cs1)C(=O)N[C@H]2CC(N)=O. The van der Waals surface area contributed by atoms with Gasteiger partial charge in [0.15, 0.2) is 0 Å². The van der Waals surface area contributed by atoms with Crippen LogP contribution in [-0.4, -0.2) is 99.3 Å². The van der Waals surface area contributed by atoms with E-state index < -0.39 is 72.1 Å². The van der Waals surface area contributed by atoms with Crippen LogP contribution in [-0.2, 0) is 20.7 Å². The van der Waals surface area contributed by atoms with Crippen molar-refractivity contribution in [1.82, 2.24) is 56.2 Å². The van der Waals surface area contributed by atoms with Crippen molar-refractivity contribution >= 4 is 103 Å². The average Bonchev–Trinajstić information content (AvgIpc) is 4.44. The molecule has 9 heterocycles. The zero-order valence-corrected chi connectivity index (χ0v) is 47.3. The summed E-state index contributed by atoms with van der Waals surface area (Å²) in [5.41, 5.74) is 14.4. The van der Waals surface area contributed by atoms with Gasteiger partial charge in [0.1, 0.15) is 93.8 Å². The number of carbonyl (C=O) groups is 6. The lowest BCUT2D eigenvalue weighted by Gasteiger charge is -2.26. The van der Waals surface area contributed by atoms with Gasteiger partial charge in [0.25, 0.3) is 23.6 Å². The standard InChI is InChI=1S/C53H45N13O9S6/c1-22(36-16-75-36)38-52-63-35(21-80-52)50-59-31(17-77-50)40-27(12-13-28(56-40)49-60-32(18-78-49)43(55)70)48-61-33(19-76-48)46(73)58-30(15-37(54)68)51-66-39(23(2)81-51)47(74)65-41(42(69)25-6-4-3-5-7-25)53-62-34(20-79-53)45(72)57-29(44(71)64-38)14-24-8-10-26(67)11-9-24/h3-13,17-22,29-30,36,38,41-42,67,69H,14-16H2,1-2H3,(H2,54,68)(H2,55,70)(H,57,72)(H,58,73)(H,64,71)(H,65,74)/t22-,29-,30-,36-,38-,41-,42+/m0/s1. The van der Waals surface area contributed by atoms with E-state index in [2.05, 4.69) is 36.2 Å². The quantitative estimate of drug-likeness (QED) is 0.0660. The number of pyridine rings is 1. The summed E-state index contributed by atoms with van der Waals surface area (Å²) in [5, 5.41) is 44.1. The molecule has 9 aromatic rings. The number of primary amides is 2. The maximum atomic E-state index is 14.8. The Morgan fingerprint density at radius 1 is 0.642 bits per heavy atom. The van der Waals surface area contributed by atoms with Crippen LogP contribution < -0.4 is 32.7 Å². The number of phenols is 1. The second kappa shape index (κ2) is 23.2. The third-order valence-corrected chi connectivity index (χ3v) is 18.7. The number of hydrogen-bond acceptors (Lipinski definition) is 22. The molecule has 0 unspecified atom stereocenters. The Balaban J connectivity index is 1.01. The monoisotopic (exact) mass is 1200 g/mol. The van der Waals surface area contributed by atoms with Crippen LogP contribution in [0.2, 0.25) is 0 Å². The number of thiazole rings is 6. The second-order valence-corrected chi connectivity index (χ2v) is 24.4. The molecule has 22 nitrogen and oxygen atoms in total. The number of benzene rings is 2. The first-order valence-electron chi connectivity index (χ1n) is 24.7. The maximum Gasteiger partial charge on any atom is 0.271 e. The van der Waals surface area contributed by atoms with Gasteiger partial charge in [0.2, 0.25) is 11.8 Å². The highest BCUT2D eigenvalue weighted by Gasteiger charge is 2.40. The molecule has 10 N–H and O–H groups in total. The molecule has 11 rings (SSSR count). The number of aliphatic hydroxyl groups is 1. The van der Waals surface area contributed by atoms with Crippen LogP contribution in [0.5, 0.6) is 5.75 Å². The van der Waals surface area contributed by atoms with Crippen molar-refractivity contribution in [2.75, 3.05) is 6.61 Å². The fourth-order valence-electron chi connectivity index (χ4n) is 8.81. The lowest BCUT2D eigenvalue weighted by Crippen LogP contribution is -2.50. The number of aryl methyl sites for hydroxylation is 1.